The van der Waals surface area contributed by atoms with E-state index in [0.717, 1.165) is 25.2 Å². The summed E-state index contributed by atoms with van der Waals surface area (Å²) in [6.45, 7) is 11.0. The van der Waals surface area contributed by atoms with E-state index in [0.29, 0.717) is 24.1 Å². The van der Waals surface area contributed by atoms with E-state index in [1.165, 1.54) is 6.07 Å². The van der Waals surface area contributed by atoms with Gasteiger partial charge >= 0.3 is 0 Å². The molecular weight excluding hydrogens is 267 g/mol. The number of hydrogen-bond donors (Lipinski definition) is 2. The van der Waals surface area contributed by atoms with Gasteiger partial charge in [-0.25, -0.2) is 9.38 Å². The largest absolute Gasteiger partial charge is 0.370 e. The Bertz CT molecular complexity index is 467. The van der Waals surface area contributed by atoms with E-state index >= 15 is 0 Å². The Kier molecular flexibility index (Phi) is 6.99. The fourth-order valence-corrected chi connectivity index (χ4v) is 2.01. The second-order valence-corrected chi connectivity index (χ2v) is 5.43. The molecule has 0 saturated heterocycles. The second-order valence-electron chi connectivity index (χ2n) is 5.43. The van der Waals surface area contributed by atoms with Gasteiger partial charge in [-0.15, -0.1) is 0 Å². The summed E-state index contributed by atoms with van der Waals surface area (Å²) in [6.07, 6.45) is 0. The summed E-state index contributed by atoms with van der Waals surface area (Å²) in [5.74, 6) is 0.696. The first-order valence-corrected chi connectivity index (χ1v) is 7.55. The molecule has 0 spiro atoms. The smallest absolute Gasteiger partial charge is 0.188 e. The van der Waals surface area contributed by atoms with Gasteiger partial charge in [0, 0.05) is 19.6 Å². The molecule has 0 unspecified atom stereocenters. The van der Waals surface area contributed by atoms with Gasteiger partial charge in [-0.05, 0) is 37.5 Å². The molecule has 118 valence electrons. The molecule has 0 amide bonds. The SMILES string of the molecule is CCN(CC)c1ccc(CN=C(N)NCC(C)C)cc1F. The van der Waals surface area contributed by atoms with Crippen LogP contribution in [0.3, 0.4) is 0 Å². The van der Waals surface area contributed by atoms with Crippen LogP contribution in [0.5, 0.6) is 0 Å². The highest BCUT2D eigenvalue weighted by Crippen LogP contribution is 2.20. The van der Waals surface area contributed by atoms with Crippen molar-refractivity contribution in [3.8, 4) is 0 Å². The Morgan fingerprint density at radius 1 is 1.33 bits per heavy atom. The van der Waals surface area contributed by atoms with Crippen LogP contribution in [0.25, 0.3) is 0 Å². The zero-order valence-electron chi connectivity index (χ0n) is 13.5. The number of rotatable bonds is 7. The van der Waals surface area contributed by atoms with Gasteiger partial charge < -0.3 is 16.0 Å². The predicted octanol–water partition coefficient (Wildman–Crippen LogP) is 2.73. The summed E-state index contributed by atoms with van der Waals surface area (Å²) >= 11 is 0. The van der Waals surface area contributed by atoms with Crippen LogP contribution in [-0.4, -0.2) is 25.6 Å². The molecule has 0 aliphatic rings. The number of hydrogen-bond acceptors (Lipinski definition) is 2. The lowest BCUT2D eigenvalue weighted by Crippen LogP contribution is -2.34. The average Bonchev–Trinajstić information content (AvgIpc) is 2.46. The summed E-state index contributed by atoms with van der Waals surface area (Å²) in [6, 6.07) is 5.24. The van der Waals surface area contributed by atoms with Crippen molar-refractivity contribution in [3.05, 3.63) is 29.6 Å². The van der Waals surface area contributed by atoms with E-state index in [1.54, 1.807) is 0 Å². The molecule has 0 aromatic heterocycles. The van der Waals surface area contributed by atoms with E-state index in [-0.39, 0.29) is 5.82 Å². The van der Waals surface area contributed by atoms with Crippen molar-refractivity contribution in [1.82, 2.24) is 5.32 Å². The summed E-state index contributed by atoms with van der Waals surface area (Å²) in [7, 11) is 0. The number of anilines is 1. The zero-order chi connectivity index (χ0) is 15.8. The second kappa shape index (κ2) is 8.49. The Morgan fingerprint density at radius 3 is 2.52 bits per heavy atom. The number of nitrogens with two attached hydrogens (primary N) is 1. The summed E-state index contributed by atoms with van der Waals surface area (Å²) < 4.78 is 14.1. The highest BCUT2D eigenvalue weighted by Gasteiger charge is 2.08. The van der Waals surface area contributed by atoms with Crippen LogP contribution < -0.4 is 16.0 Å². The molecule has 0 heterocycles. The van der Waals surface area contributed by atoms with Crippen molar-refractivity contribution >= 4 is 11.6 Å². The first-order chi connectivity index (χ1) is 9.97. The molecule has 3 N–H and O–H groups in total. The van der Waals surface area contributed by atoms with Crippen LogP contribution in [0.2, 0.25) is 0 Å². The van der Waals surface area contributed by atoms with Gasteiger partial charge in [0.05, 0.1) is 12.2 Å². The monoisotopic (exact) mass is 294 g/mol. The molecule has 5 heteroatoms. The highest BCUT2D eigenvalue weighted by molar-refractivity contribution is 5.77. The third kappa shape index (κ3) is 5.61. The Hall–Kier alpha value is -1.78. The van der Waals surface area contributed by atoms with Gasteiger partial charge in [0.25, 0.3) is 0 Å². The predicted molar refractivity (Wildman–Crippen MR) is 88.1 cm³/mol. The lowest BCUT2D eigenvalue weighted by Gasteiger charge is -2.21. The fraction of sp³-hybridized carbons (Fsp3) is 0.562. The van der Waals surface area contributed by atoms with Gasteiger partial charge in [-0.3, -0.25) is 0 Å². The van der Waals surface area contributed by atoms with E-state index in [2.05, 4.69) is 24.2 Å². The number of benzene rings is 1. The van der Waals surface area contributed by atoms with Crippen LogP contribution in [0.15, 0.2) is 23.2 Å². The molecule has 21 heavy (non-hydrogen) atoms. The first-order valence-electron chi connectivity index (χ1n) is 7.55. The molecule has 0 saturated carbocycles. The maximum absolute atomic E-state index is 14.1. The van der Waals surface area contributed by atoms with Gasteiger partial charge in [-0.2, -0.15) is 0 Å². The number of guanidine groups is 1. The minimum Gasteiger partial charge on any atom is -0.370 e. The topological polar surface area (TPSA) is 53.6 Å². The van der Waals surface area contributed by atoms with E-state index in [9.17, 15) is 4.39 Å². The van der Waals surface area contributed by atoms with Crippen molar-refractivity contribution in [2.24, 2.45) is 16.6 Å². The summed E-state index contributed by atoms with van der Waals surface area (Å²) in [5, 5.41) is 3.04. The van der Waals surface area contributed by atoms with E-state index in [4.69, 9.17) is 5.73 Å². The van der Waals surface area contributed by atoms with Crippen LogP contribution in [-0.2, 0) is 6.54 Å². The van der Waals surface area contributed by atoms with E-state index < -0.39 is 0 Å². The third-order valence-electron chi connectivity index (χ3n) is 3.24. The summed E-state index contributed by atoms with van der Waals surface area (Å²) in [5.41, 5.74) is 7.22. The molecular formula is C16H27FN4. The quantitative estimate of drug-likeness (QED) is 0.600. The van der Waals surface area contributed by atoms with Crippen molar-refractivity contribution < 1.29 is 4.39 Å². The number of halogens is 1. The Morgan fingerprint density at radius 2 is 2.00 bits per heavy atom. The normalized spacial score (nSPS) is 11.8. The third-order valence-corrected chi connectivity index (χ3v) is 3.24. The molecule has 1 aromatic carbocycles. The van der Waals surface area contributed by atoms with Crippen molar-refractivity contribution in [2.45, 2.75) is 34.2 Å². The molecule has 0 aliphatic heterocycles. The van der Waals surface area contributed by atoms with Crippen molar-refractivity contribution in [2.75, 3.05) is 24.5 Å². The maximum atomic E-state index is 14.1. The average molecular weight is 294 g/mol. The lowest BCUT2D eigenvalue weighted by molar-refractivity contribution is 0.617. The first kappa shape index (κ1) is 17.3. The van der Waals surface area contributed by atoms with Crippen LogP contribution in [0, 0.1) is 11.7 Å². The maximum Gasteiger partial charge on any atom is 0.188 e. The summed E-state index contributed by atoms with van der Waals surface area (Å²) in [4.78, 5) is 6.21. The van der Waals surface area contributed by atoms with Gasteiger partial charge in [-0.1, -0.05) is 19.9 Å². The van der Waals surface area contributed by atoms with Gasteiger partial charge in [0.1, 0.15) is 5.82 Å². The Labute approximate surface area is 127 Å². The minimum atomic E-state index is -0.208. The van der Waals surface area contributed by atoms with Crippen LogP contribution >= 0.6 is 0 Å². The zero-order valence-corrected chi connectivity index (χ0v) is 13.5. The van der Waals surface area contributed by atoms with Crippen molar-refractivity contribution in [3.63, 3.8) is 0 Å². The Balaban J connectivity index is 2.69. The molecule has 0 atom stereocenters. The molecule has 1 rings (SSSR count). The van der Waals surface area contributed by atoms with Gasteiger partial charge in [0.2, 0.25) is 0 Å². The molecule has 0 radical (unpaired) electrons. The number of nitrogens with zero attached hydrogens (tertiary/aromatic N) is 2. The van der Waals surface area contributed by atoms with Crippen LogP contribution in [0.4, 0.5) is 10.1 Å². The standard InChI is InChI=1S/C16H27FN4/c1-5-21(6-2)15-8-7-13(9-14(15)17)11-20-16(18)19-10-12(3)4/h7-9,12H,5-6,10-11H2,1-4H3,(H3,18,19,20). The van der Waals surface area contributed by atoms with E-state index in [1.807, 2.05) is 30.9 Å². The minimum absolute atomic E-state index is 0.208. The fourth-order valence-electron chi connectivity index (χ4n) is 2.01. The highest BCUT2D eigenvalue weighted by atomic mass is 19.1. The number of aliphatic imine (C=N–C) groups is 1. The molecule has 0 aliphatic carbocycles. The molecule has 0 fully saturated rings. The van der Waals surface area contributed by atoms with Crippen molar-refractivity contribution in [1.29, 1.82) is 0 Å². The van der Waals surface area contributed by atoms with Crippen LogP contribution in [0.1, 0.15) is 33.3 Å². The lowest BCUT2D eigenvalue weighted by atomic mass is 10.2. The van der Waals surface area contributed by atoms with Gasteiger partial charge in [0.15, 0.2) is 5.96 Å². The molecule has 4 nitrogen and oxygen atoms in total. The molecule has 1 aromatic rings. The molecule has 0 bridgehead atoms. The number of nitrogens with one attached hydrogen (secondary N) is 1.